The number of rotatable bonds is 5. The molecule has 0 atom stereocenters. The van der Waals surface area contributed by atoms with Gasteiger partial charge in [0.05, 0.1) is 17.7 Å². The van der Waals surface area contributed by atoms with E-state index in [2.05, 4.69) is 11.0 Å². The highest BCUT2D eigenvalue weighted by atomic mass is 32.2. The number of nitrogens with one attached hydrogen (secondary N) is 1. The summed E-state index contributed by atoms with van der Waals surface area (Å²) in [4.78, 5) is 0.188. The third-order valence-corrected chi connectivity index (χ3v) is 6.50. The van der Waals surface area contributed by atoms with Crippen LogP contribution in [0.15, 0.2) is 23.1 Å². The van der Waals surface area contributed by atoms with E-state index in [1.54, 1.807) is 6.07 Å². The molecule has 0 saturated heterocycles. The number of anilines is 1. The quantitative estimate of drug-likeness (QED) is 0.809. The van der Waals surface area contributed by atoms with E-state index in [4.69, 9.17) is 10.5 Å². The van der Waals surface area contributed by atoms with Crippen LogP contribution in [0.2, 0.25) is 0 Å². The van der Waals surface area contributed by atoms with Crippen molar-refractivity contribution in [1.82, 2.24) is 4.72 Å². The molecule has 1 aromatic carbocycles. The third-order valence-electron chi connectivity index (χ3n) is 3.84. The van der Waals surface area contributed by atoms with Gasteiger partial charge in [-0.2, -0.15) is 11.8 Å². The molecule has 1 saturated carbocycles. The average Bonchev–Trinajstić information content (AvgIpc) is 2.47. The van der Waals surface area contributed by atoms with Crippen LogP contribution in [0.4, 0.5) is 5.69 Å². The van der Waals surface area contributed by atoms with Gasteiger partial charge in [-0.3, -0.25) is 0 Å². The molecule has 0 aromatic heterocycles. The summed E-state index contributed by atoms with van der Waals surface area (Å²) in [6, 6.07) is 4.55. The molecule has 3 N–H and O–H groups in total. The molecule has 0 amide bonds. The first-order valence-electron chi connectivity index (χ1n) is 6.95. The molecule has 21 heavy (non-hydrogen) atoms. The zero-order valence-corrected chi connectivity index (χ0v) is 14.0. The largest absolute Gasteiger partial charge is 0.495 e. The highest BCUT2D eigenvalue weighted by Gasteiger charge is 2.25. The molecule has 0 radical (unpaired) electrons. The first kappa shape index (κ1) is 16.5. The van der Waals surface area contributed by atoms with Crippen molar-refractivity contribution in [2.24, 2.45) is 0 Å². The molecular formula is C14H22N2O3S2. The number of hydrogen-bond donors (Lipinski definition) is 2. The van der Waals surface area contributed by atoms with E-state index in [0.29, 0.717) is 16.7 Å². The average molecular weight is 330 g/mol. The van der Waals surface area contributed by atoms with Crippen molar-refractivity contribution in [3.8, 4) is 5.75 Å². The fourth-order valence-electron chi connectivity index (χ4n) is 2.58. The van der Waals surface area contributed by atoms with Gasteiger partial charge in [0.15, 0.2) is 0 Å². The van der Waals surface area contributed by atoms with Crippen molar-refractivity contribution < 1.29 is 13.2 Å². The number of hydrogen-bond acceptors (Lipinski definition) is 5. The van der Waals surface area contributed by atoms with Gasteiger partial charge in [0.2, 0.25) is 10.0 Å². The predicted molar refractivity (Wildman–Crippen MR) is 87.3 cm³/mol. The van der Waals surface area contributed by atoms with Gasteiger partial charge in [0.25, 0.3) is 0 Å². The Morgan fingerprint density at radius 2 is 1.95 bits per heavy atom. The van der Waals surface area contributed by atoms with Crippen LogP contribution in [0.5, 0.6) is 5.75 Å². The monoisotopic (exact) mass is 330 g/mol. The minimum absolute atomic E-state index is 0.0155. The Morgan fingerprint density at radius 3 is 2.48 bits per heavy atom. The van der Waals surface area contributed by atoms with Gasteiger partial charge in [-0.25, -0.2) is 13.1 Å². The second-order valence-corrected chi connectivity index (χ2v) is 8.09. The predicted octanol–water partition coefficient (Wildman–Crippen LogP) is 2.23. The van der Waals surface area contributed by atoms with Crippen LogP contribution in [0.1, 0.15) is 25.7 Å². The summed E-state index contributed by atoms with van der Waals surface area (Å²) >= 11 is 1.86. The Kier molecular flexibility index (Phi) is 5.40. The first-order valence-corrected chi connectivity index (χ1v) is 9.72. The van der Waals surface area contributed by atoms with Gasteiger partial charge < -0.3 is 10.5 Å². The molecule has 1 aromatic rings. The van der Waals surface area contributed by atoms with E-state index >= 15 is 0 Å². The highest BCUT2D eigenvalue weighted by molar-refractivity contribution is 7.99. The van der Waals surface area contributed by atoms with Crippen LogP contribution in [-0.2, 0) is 10.0 Å². The molecule has 0 spiro atoms. The summed E-state index contributed by atoms with van der Waals surface area (Å²) in [6.07, 6.45) is 5.99. The Morgan fingerprint density at radius 1 is 1.29 bits per heavy atom. The number of thioether (sulfide) groups is 1. The molecule has 7 heteroatoms. The minimum atomic E-state index is -3.52. The number of benzene rings is 1. The summed E-state index contributed by atoms with van der Waals surface area (Å²) in [7, 11) is -2.02. The maximum Gasteiger partial charge on any atom is 0.240 e. The standard InChI is InChI=1S/C14H22N2O3S2/c1-19-14-8-7-12(9-13(14)15)21(17,18)16-10-3-5-11(20-2)6-4-10/h7-11,16H,3-6,15H2,1-2H3. The van der Waals surface area contributed by atoms with Gasteiger partial charge in [-0.05, 0) is 50.1 Å². The molecular weight excluding hydrogens is 308 g/mol. The van der Waals surface area contributed by atoms with Crippen LogP contribution in [0.3, 0.4) is 0 Å². The lowest BCUT2D eigenvalue weighted by Gasteiger charge is -2.27. The number of sulfonamides is 1. The van der Waals surface area contributed by atoms with Crippen molar-refractivity contribution in [3.63, 3.8) is 0 Å². The van der Waals surface area contributed by atoms with Gasteiger partial charge in [-0.15, -0.1) is 0 Å². The Bertz CT molecular complexity index is 582. The van der Waals surface area contributed by atoms with Crippen LogP contribution >= 0.6 is 11.8 Å². The lowest BCUT2D eigenvalue weighted by molar-refractivity contribution is 0.416. The van der Waals surface area contributed by atoms with Gasteiger partial charge >= 0.3 is 0 Å². The summed E-state index contributed by atoms with van der Waals surface area (Å²) < 4.78 is 32.6. The fraction of sp³-hybridized carbons (Fsp3) is 0.571. The normalized spacial score (nSPS) is 23.0. The van der Waals surface area contributed by atoms with Crippen LogP contribution < -0.4 is 15.2 Å². The summed E-state index contributed by atoms with van der Waals surface area (Å²) in [6.45, 7) is 0. The molecule has 5 nitrogen and oxygen atoms in total. The highest BCUT2D eigenvalue weighted by Crippen LogP contribution is 2.29. The summed E-state index contributed by atoms with van der Waals surface area (Å²) in [5, 5.41) is 0.655. The molecule has 1 aliphatic rings. The summed E-state index contributed by atoms with van der Waals surface area (Å²) in [5.41, 5.74) is 6.10. The van der Waals surface area contributed by atoms with Crippen molar-refractivity contribution in [3.05, 3.63) is 18.2 Å². The van der Waals surface area contributed by atoms with Gasteiger partial charge in [0.1, 0.15) is 5.75 Å². The molecule has 0 unspecified atom stereocenters. The first-order chi connectivity index (χ1) is 9.96. The Balaban J connectivity index is 2.07. The number of ether oxygens (including phenoxy) is 1. The van der Waals surface area contributed by atoms with E-state index in [1.807, 2.05) is 11.8 Å². The number of nitrogens with two attached hydrogens (primary N) is 1. The van der Waals surface area contributed by atoms with E-state index in [0.717, 1.165) is 25.7 Å². The van der Waals surface area contributed by atoms with E-state index in [9.17, 15) is 8.42 Å². The maximum atomic E-state index is 12.4. The molecule has 2 rings (SSSR count). The van der Waals surface area contributed by atoms with E-state index < -0.39 is 10.0 Å². The zero-order valence-electron chi connectivity index (χ0n) is 12.3. The van der Waals surface area contributed by atoms with Gasteiger partial charge in [-0.1, -0.05) is 0 Å². The van der Waals surface area contributed by atoms with E-state index in [1.165, 1.54) is 19.2 Å². The maximum absolute atomic E-state index is 12.4. The van der Waals surface area contributed by atoms with Crippen molar-refractivity contribution in [1.29, 1.82) is 0 Å². The lowest BCUT2D eigenvalue weighted by Crippen LogP contribution is -2.38. The lowest BCUT2D eigenvalue weighted by atomic mass is 9.96. The van der Waals surface area contributed by atoms with Crippen molar-refractivity contribution in [2.45, 2.75) is 41.9 Å². The minimum Gasteiger partial charge on any atom is -0.495 e. The van der Waals surface area contributed by atoms with Crippen molar-refractivity contribution in [2.75, 3.05) is 19.1 Å². The SMILES string of the molecule is COc1ccc(S(=O)(=O)NC2CCC(SC)CC2)cc1N. The third kappa shape index (κ3) is 4.05. The molecule has 1 aliphatic carbocycles. The van der Waals surface area contributed by atoms with Gasteiger partial charge in [0, 0.05) is 11.3 Å². The van der Waals surface area contributed by atoms with Crippen LogP contribution in [0.25, 0.3) is 0 Å². The van der Waals surface area contributed by atoms with E-state index in [-0.39, 0.29) is 10.9 Å². The second kappa shape index (κ2) is 6.89. The smallest absolute Gasteiger partial charge is 0.240 e. The molecule has 0 aliphatic heterocycles. The molecule has 1 fully saturated rings. The Labute approximate surface area is 130 Å². The van der Waals surface area contributed by atoms with Crippen LogP contribution in [-0.4, -0.2) is 33.1 Å². The Hall–Kier alpha value is -0.920. The summed E-state index contributed by atoms with van der Waals surface area (Å²) in [5.74, 6) is 0.481. The molecule has 0 heterocycles. The fourth-order valence-corrected chi connectivity index (χ4v) is 4.67. The molecule has 0 bridgehead atoms. The second-order valence-electron chi connectivity index (χ2n) is 5.23. The van der Waals surface area contributed by atoms with Crippen molar-refractivity contribution >= 4 is 27.5 Å². The number of nitrogen functional groups attached to an aromatic ring is 1. The molecule has 118 valence electrons. The topological polar surface area (TPSA) is 81.4 Å². The zero-order chi connectivity index (χ0) is 15.5. The number of methoxy groups -OCH3 is 1. The van der Waals surface area contributed by atoms with Crippen LogP contribution in [0, 0.1) is 0 Å².